The molecular formula is C21H31N5O2. The third kappa shape index (κ3) is 6.11. The van der Waals surface area contributed by atoms with Crippen LogP contribution in [0.15, 0.2) is 36.5 Å². The normalized spacial score (nSPS) is 11.2. The summed E-state index contributed by atoms with van der Waals surface area (Å²) in [6, 6.07) is 9.38. The molecule has 7 nitrogen and oxygen atoms in total. The Balaban J connectivity index is 1.89. The van der Waals surface area contributed by atoms with Gasteiger partial charge in [0, 0.05) is 51.7 Å². The van der Waals surface area contributed by atoms with Gasteiger partial charge in [-0.05, 0) is 36.6 Å². The molecule has 0 aliphatic carbocycles. The highest BCUT2D eigenvalue weighted by Gasteiger charge is 2.24. The Morgan fingerprint density at radius 2 is 1.89 bits per heavy atom. The van der Waals surface area contributed by atoms with Crippen LogP contribution in [0.25, 0.3) is 0 Å². The molecule has 0 bridgehead atoms. The Bertz CT molecular complexity index is 826. The minimum Gasteiger partial charge on any atom is -0.378 e. The van der Waals surface area contributed by atoms with Crippen LogP contribution in [0.2, 0.25) is 0 Å². The van der Waals surface area contributed by atoms with Crippen molar-refractivity contribution in [3.05, 3.63) is 47.8 Å². The number of carbonyl (C=O) groups is 2. The average molecular weight is 386 g/mol. The molecule has 0 aliphatic rings. The topological polar surface area (TPSA) is 70.5 Å². The van der Waals surface area contributed by atoms with Crippen LogP contribution >= 0.6 is 0 Å². The van der Waals surface area contributed by atoms with Gasteiger partial charge >= 0.3 is 0 Å². The van der Waals surface area contributed by atoms with E-state index in [0.29, 0.717) is 18.7 Å². The van der Waals surface area contributed by atoms with Crippen molar-refractivity contribution >= 4 is 17.5 Å². The molecule has 0 atom stereocenters. The van der Waals surface area contributed by atoms with Gasteiger partial charge in [-0.25, -0.2) is 0 Å². The molecule has 152 valence electrons. The van der Waals surface area contributed by atoms with Crippen molar-refractivity contribution in [3.8, 4) is 0 Å². The summed E-state index contributed by atoms with van der Waals surface area (Å²) in [7, 11) is 5.66. The van der Waals surface area contributed by atoms with Crippen LogP contribution < -0.4 is 10.2 Å². The largest absolute Gasteiger partial charge is 0.378 e. The van der Waals surface area contributed by atoms with Crippen molar-refractivity contribution in [2.24, 2.45) is 5.41 Å². The molecule has 0 fully saturated rings. The standard InChI is InChI=1S/C21H31N5O2/c1-16-10-11-26(23-16)13-19(27)25(6)15-21(2,3)14-22-20(28)17-8-7-9-18(12-17)24(4)5/h7-12H,13-15H2,1-6H3,(H,22,28). The summed E-state index contributed by atoms with van der Waals surface area (Å²) >= 11 is 0. The molecule has 0 aliphatic heterocycles. The molecule has 1 aromatic heterocycles. The van der Waals surface area contributed by atoms with Crippen molar-refractivity contribution < 1.29 is 9.59 Å². The van der Waals surface area contributed by atoms with Crippen molar-refractivity contribution in [2.45, 2.75) is 27.3 Å². The third-order valence-corrected chi connectivity index (χ3v) is 4.51. The van der Waals surface area contributed by atoms with Gasteiger partial charge in [0.25, 0.3) is 5.91 Å². The zero-order valence-corrected chi connectivity index (χ0v) is 17.7. The molecular weight excluding hydrogens is 354 g/mol. The van der Waals surface area contributed by atoms with Crippen LogP contribution in [0.1, 0.15) is 29.9 Å². The van der Waals surface area contributed by atoms with Gasteiger partial charge in [0.15, 0.2) is 0 Å². The first-order valence-corrected chi connectivity index (χ1v) is 9.37. The summed E-state index contributed by atoms with van der Waals surface area (Å²) in [5.41, 5.74) is 2.22. The van der Waals surface area contributed by atoms with Gasteiger partial charge < -0.3 is 15.1 Å². The maximum Gasteiger partial charge on any atom is 0.251 e. The van der Waals surface area contributed by atoms with Gasteiger partial charge in [0.1, 0.15) is 6.54 Å². The van der Waals surface area contributed by atoms with E-state index < -0.39 is 0 Å². The number of rotatable bonds is 8. The van der Waals surface area contributed by atoms with Crippen molar-refractivity contribution in [3.63, 3.8) is 0 Å². The summed E-state index contributed by atoms with van der Waals surface area (Å²) in [6.45, 7) is 7.17. The van der Waals surface area contributed by atoms with Gasteiger partial charge in [0.2, 0.25) is 5.91 Å². The summed E-state index contributed by atoms with van der Waals surface area (Å²) in [5, 5.41) is 7.24. The van der Waals surface area contributed by atoms with Crippen LogP contribution in [-0.2, 0) is 11.3 Å². The Labute approximate surface area is 167 Å². The Morgan fingerprint density at radius 1 is 1.18 bits per heavy atom. The van der Waals surface area contributed by atoms with E-state index in [1.54, 1.807) is 28.9 Å². The summed E-state index contributed by atoms with van der Waals surface area (Å²) in [4.78, 5) is 28.6. The molecule has 2 rings (SSSR count). The first kappa shape index (κ1) is 21.5. The fourth-order valence-electron chi connectivity index (χ4n) is 2.94. The lowest BCUT2D eigenvalue weighted by atomic mass is 9.92. The minimum atomic E-state index is -0.265. The second-order valence-corrected chi connectivity index (χ2v) is 8.20. The number of anilines is 1. The van der Waals surface area contributed by atoms with E-state index in [1.165, 1.54) is 0 Å². The van der Waals surface area contributed by atoms with Gasteiger partial charge in [-0.3, -0.25) is 14.3 Å². The second kappa shape index (κ2) is 8.91. The van der Waals surface area contributed by atoms with E-state index in [2.05, 4.69) is 10.4 Å². The average Bonchev–Trinajstić information content (AvgIpc) is 3.04. The maximum absolute atomic E-state index is 12.5. The number of aryl methyl sites for hydroxylation is 1. The molecule has 2 amide bonds. The van der Waals surface area contributed by atoms with Crippen LogP contribution in [0.3, 0.4) is 0 Å². The molecule has 1 heterocycles. The Hall–Kier alpha value is -2.83. The number of hydrogen-bond acceptors (Lipinski definition) is 4. The lowest BCUT2D eigenvalue weighted by Crippen LogP contribution is -2.43. The van der Waals surface area contributed by atoms with Crippen molar-refractivity contribution in [1.82, 2.24) is 20.0 Å². The van der Waals surface area contributed by atoms with Crippen LogP contribution in [0.4, 0.5) is 5.69 Å². The van der Waals surface area contributed by atoms with Gasteiger partial charge in [-0.15, -0.1) is 0 Å². The van der Waals surface area contributed by atoms with Gasteiger partial charge in [0.05, 0.1) is 5.69 Å². The zero-order chi connectivity index (χ0) is 20.9. The van der Waals surface area contributed by atoms with Gasteiger partial charge in [-0.1, -0.05) is 19.9 Å². The highest BCUT2D eigenvalue weighted by atomic mass is 16.2. The van der Waals surface area contributed by atoms with Crippen molar-refractivity contribution in [2.75, 3.05) is 39.1 Å². The third-order valence-electron chi connectivity index (χ3n) is 4.51. The maximum atomic E-state index is 12.5. The molecule has 1 N–H and O–H groups in total. The van der Waals surface area contributed by atoms with E-state index in [0.717, 1.165) is 11.4 Å². The Morgan fingerprint density at radius 3 is 2.50 bits per heavy atom. The molecule has 0 unspecified atom stereocenters. The summed E-state index contributed by atoms with van der Waals surface area (Å²) < 4.78 is 1.64. The van der Waals surface area contributed by atoms with Gasteiger partial charge in [-0.2, -0.15) is 5.10 Å². The quantitative estimate of drug-likeness (QED) is 0.756. The number of benzene rings is 1. The smallest absolute Gasteiger partial charge is 0.251 e. The lowest BCUT2D eigenvalue weighted by Gasteiger charge is -2.30. The number of hydrogen-bond donors (Lipinski definition) is 1. The van der Waals surface area contributed by atoms with E-state index in [-0.39, 0.29) is 23.8 Å². The van der Waals surface area contributed by atoms with E-state index in [1.807, 2.05) is 64.0 Å². The molecule has 2 aromatic rings. The number of nitrogens with one attached hydrogen (secondary N) is 1. The number of likely N-dealkylation sites (N-methyl/N-ethyl adjacent to an activating group) is 1. The second-order valence-electron chi connectivity index (χ2n) is 8.20. The van der Waals surface area contributed by atoms with Crippen LogP contribution in [0, 0.1) is 12.3 Å². The predicted octanol–water partition coefficient (Wildman–Crippen LogP) is 2.17. The highest BCUT2D eigenvalue weighted by molar-refractivity contribution is 5.95. The first-order valence-electron chi connectivity index (χ1n) is 9.37. The number of aromatic nitrogens is 2. The molecule has 0 spiro atoms. The zero-order valence-electron chi connectivity index (χ0n) is 17.7. The monoisotopic (exact) mass is 385 g/mol. The molecule has 0 saturated heterocycles. The van der Waals surface area contributed by atoms with E-state index in [4.69, 9.17) is 0 Å². The molecule has 0 radical (unpaired) electrons. The molecule has 7 heteroatoms. The van der Waals surface area contributed by atoms with E-state index >= 15 is 0 Å². The number of nitrogens with zero attached hydrogens (tertiary/aromatic N) is 4. The predicted molar refractivity (Wildman–Crippen MR) is 111 cm³/mol. The summed E-state index contributed by atoms with van der Waals surface area (Å²) in [5.74, 6) is -0.126. The molecule has 1 aromatic carbocycles. The number of amides is 2. The van der Waals surface area contributed by atoms with Crippen molar-refractivity contribution in [1.29, 1.82) is 0 Å². The number of carbonyl (C=O) groups excluding carboxylic acids is 2. The Kier molecular flexibility index (Phi) is 6.83. The van der Waals surface area contributed by atoms with Crippen LogP contribution in [0.5, 0.6) is 0 Å². The fraction of sp³-hybridized carbons (Fsp3) is 0.476. The highest BCUT2D eigenvalue weighted by Crippen LogP contribution is 2.17. The SMILES string of the molecule is Cc1ccn(CC(=O)N(C)CC(C)(C)CNC(=O)c2cccc(N(C)C)c2)n1. The van der Waals surface area contributed by atoms with E-state index in [9.17, 15) is 9.59 Å². The van der Waals surface area contributed by atoms with Crippen LogP contribution in [-0.4, -0.2) is 60.7 Å². The summed E-state index contributed by atoms with van der Waals surface area (Å²) in [6.07, 6.45) is 1.80. The molecule has 28 heavy (non-hydrogen) atoms. The fourth-order valence-corrected chi connectivity index (χ4v) is 2.94. The first-order chi connectivity index (χ1) is 13.1. The lowest BCUT2D eigenvalue weighted by molar-refractivity contribution is -0.131. The molecule has 0 saturated carbocycles. The minimum absolute atomic E-state index is 0.0128.